The molecule has 1 aliphatic carbocycles. The lowest BCUT2D eigenvalue weighted by Crippen LogP contribution is -2.21. The Hall–Kier alpha value is -1.42. The highest BCUT2D eigenvalue weighted by atomic mass is 15.2. The minimum absolute atomic E-state index is 0.415. The van der Waals surface area contributed by atoms with Crippen LogP contribution >= 0.6 is 0 Å². The smallest absolute Gasteiger partial charge is 0.127 e. The average Bonchev–Trinajstić information content (AvgIpc) is 3.01. The maximum atomic E-state index is 4.84. The second kappa shape index (κ2) is 3.79. The number of fused-ring (bicyclic) bond motifs is 1. The topological polar surface area (TPSA) is 42.7 Å². The fraction of sp³-hybridized carbons (Fsp3) is 0.571. The molecule has 2 fully saturated rings. The molecule has 0 aromatic carbocycles. The molecule has 4 rings (SSSR count). The first-order valence-corrected chi connectivity index (χ1v) is 6.90. The van der Waals surface area contributed by atoms with E-state index in [2.05, 4.69) is 27.9 Å². The maximum absolute atomic E-state index is 4.84. The minimum Gasteiger partial charge on any atom is -0.323 e. The van der Waals surface area contributed by atoms with Gasteiger partial charge in [-0.15, -0.1) is 0 Å². The molecule has 1 saturated carbocycles. The van der Waals surface area contributed by atoms with Crippen molar-refractivity contribution in [2.45, 2.75) is 38.3 Å². The summed E-state index contributed by atoms with van der Waals surface area (Å²) in [7, 11) is 0. The molecule has 1 saturated heterocycles. The highest BCUT2D eigenvalue weighted by molar-refractivity contribution is 5.75. The SMILES string of the molecule is CC1CCNC1c1nc2cnccc2n1C1CC1. The Labute approximate surface area is 106 Å². The zero-order chi connectivity index (χ0) is 12.1. The number of pyridine rings is 1. The van der Waals surface area contributed by atoms with Crippen LogP contribution in [0.5, 0.6) is 0 Å². The number of imidazole rings is 1. The molecule has 0 amide bonds. The van der Waals surface area contributed by atoms with Gasteiger partial charge >= 0.3 is 0 Å². The van der Waals surface area contributed by atoms with E-state index in [0.29, 0.717) is 18.0 Å². The van der Waals surface area contributed by atoms with Gasteiger partial charge in [0.25, 0.3) is 0 Å². The van der Waals surface area contributed by atoms with E-state index in [9.17, 15) is 0 Å². The quantitative estimate of drug-likeness (QED) is 0.879. The number of nitrogens with one attached hydrogen (secondary N) is 1. The third kappa shape index (κ3) is 1.48. The van der Waals surface area contributed by atoms with E-state index >= 15 is 0 Å². The van der Waals surface area contributed by atoms with Crippen molar-refractivity contribution in [3.63, 3.8) is 0 Å². The summed E-state index contributed by atoms with van der Waals surface area (Å²) in [6.45, 7) is 3.43. The van der Waals surface area contributed by atoms with Crippen molar-refractivity contribution >= 4 is 11.0 Å². The molecule has 2 atom stereocenters. The lowest BCUT2D eigenvalue weighted by Gasteiger charge is -2.17. The molecule has 94 valence electrons. The van der Waals surface area contributed by atoms with Crippen LogP contribution in [0.3, 0.4) is 0 Å². The second-order valence-electron chi connectivity index (χ2n) is 5.63. The lowest BCUT2D eigenvalue weighted by atomic mass is 10.0. The molecule has 0 bridgehead atoms. The zero-order valence-electron chi connectivity index (χ0n) is 10.6. The van der Waals surface area contributed by atoms with E-state index in [-0.39, 0.29) is 0 Å². The fourth-order valence-corrected chi connectivity index (χ4v) is 3.09. The van der Waals surface area contributed by atoms with Crippen molar-refractivity contribution in [1.29, 1.82) is 0 Å². The fourth-order valence-electron chi connectivity index (χ4n) is 3.09. The maximum Gasteiger partial charge on any atom is 0.127 e. The molecule has 2 aromatic heterocycles. The number of nitrogens with zero attached hydrogens (tertiary/aromatic N) is 3. The first-order valence-electron chi connectivity index (χ1n) is 6.90. The van der Waals surface area contributed by atoms with Gasteiger partial charge < -0.3 is 9.88 Å². The summed E-state index contributed by atoms with van der Waals surface area (Å²) in [5, 5.41) is 3.60. The van der Waals surface area contributed by atoms with Gasteiger partial charge in [-0.1, -0.05) is 6.92 Å². The Bertz CT molecular complexity index is 584. The van der Waals surface area contributed by atoms with Crippen LogP contribution in [0.4, 0.5) is 0 Å². The van der Waals surface area contributed by atoms with E-state index < -0.39 is 0 Å². The normalized spacial score (nSPS) is 28.1. The van der Waals surface area contributed by atoms with Crippen molar-refractivity contribution in [2.75, 3.05) is 6.54 Å². The van der Waals surface area contributed by atoms with Crippen LogP contribution in [0, 0.1) is 5.92 Å². The Kier molecular flexibility index (Phi) is 2.21. The van der Waals surface area contributed by atoms with E-state index in [1.807, 2.05) is 12.4 Å². The molecule has 1 N–H and O–H groups in total. The largest absolute Gasteiger partial charge is 0.323 e. The van der Waals surface area contributed by atoms with Gasteiger partial charge in [0, 0.05) is 12.2 Å². The van der Waals surface area contributed by atoms with Gasteiger partial charge in [-0.2, -0.15) is 0 Å². The molecule has 4 nitrogen and oxygen atoms in total. The van der Waals surface area contributed by atoms with Gasteiger partial charge in [0.2, 0.25) is 0 Å². The third-order valence-electron chi connectivity index (χ3n) is 4.24. The molecule has 4 heteroatoms. The standard InChI is InChI=1S/C14H18N4/c1-9-4-7-16-13(9)14-17-11-8-15-6-5-12(11)18(14)10-2-3-10/h5-6,8-10,13,16H,2-4,7H2,1H3. The first-order chi connectivity index (χ1) is 8.84. The highest BCUT2D eigenvalue weighted by Crippen LogP contribution is 2.41. The van der Waals surface area contributed by atoms with E-state index in [0.717, 1.165) is 12.1 Å². The van der Waals surface area contributed by atoms with Crippen LogP contribution in [0.2, 0.25) is 0 Å². The van der Waals surface area contributed by atoms with Crippen LogP contribution in [0.15, 0.2) is 18.5 Å². The number of rotatable bonds is 2. The number of hydrogen-bond acceptors (Lipinski definition) is 3. The molecular weight excluding hydrogens is 224 g/mol. The Morgan fingerprint density at radius 1 is 1.33 bits per heavy atom. The molecule has 3 heterocycles. The minimum atomic E-state index is 0.415. The van der Waals surface area contributed by atoms with E-state index in [1.165, 1.54) is 30.6 Å². The van der Waals surface area contributed by atoms with Crippen LogP contribution in [-0.4, -0.2) is 21.1 Å². The summed E-state index contributed by atoms with van der Waals surface area (Å²) in [6, 6.07) is 3.18. The molecule has 0 radical (unpaired) electrons. The van der Waals surface area contributed by atoms with Crippen molar-refractivity contribution in [3.05, 3.63) is 24.3 Å². The molecular formula is C14H18N4. The third-order valence-corrected chi connectivity index (χ3v) is 4.24. The first kappa shape index (κ1) is 10.5. The van der Waals surface area contributed by atoms with E-state index in [4.69, 9.17) is 4.98 Å². The van der Waals surface area contributed by atoms with E-state index in [1.54, 1.807) is 0 Å². The van der Waals surface area contributed by atoms with Gasteiger partial charge in [-0.05, 0) is 37.8 Å². The summed E-state index contributed by atoms with van der Waals surface area (Å²) in [5.41, 5.74) is 2.30. The van der Waals surface area contributed by atoms with Crippen molar-refractivity contribution in [2.24, 2.45) is 5.92 Å². The summed E-state index contributed by atoms with van der Waals surface area (Å²) in [6.07, 6.45) is 7.59. The Morgan fingerprint density at radius 3 is 2.94 bits per heavy atom. The predicted octanol–water partition coefficient (Wildman–Crippen LogP) is 2.44. The average molecular weight is 242 g/mol. The van der Waals surface area contributed by atoms with Gasteiger partial charge in [-0.25, -0.2) is 4.98 Å². The molecule has 0 spiro atoms. The second-order valence-corrected chi connectivity index (χ2v) is 5.63. The summed E-state index contributed by atoms with van der Waals surface area (Å²) in [5.74, 6) is 1.90. The van der Waals surface area contributed by atoms with Gasteiger partial charge in [0.1, 0.15) is 11.3 Å². The Balaban J connectivity index is 1.90. The zero-order valence-corrected chi connectivity index (χ0v) is 10.6. The van der Waals surface area contributed by atoms with Crippen LogP contribution in [-0.2, 0) is 0 Å². The van der Waals surface area contributed by atoms with Gasteiger partial charge in [0.05, 0.1) is 17.8 Å². The molecule has 18 heavy (non-hydrogen) atoms. The highest BCUT2D eigenvalue weighted by Gasteiger charge is 2.34. The molecule has 2 unspecified atom stereocenters. The number of hydrogen-bond donors (Lipinski definition) is 1. The van der Waals surface area contributed by atoms with Crippen LogP contribution < -0.4 is 5.32 Å². The molecule has 2 aliphatic rings. The van der Waals surface area contributed by atoms with Gasteiger partial charge in [0.15, 0.2) is 0 Å². The van der Waals surface area contributed by atoms with Crippen molar-refractivity contribution in [3.8, 4) is 0 Å². The monoisotopic (exact) mass is 242 g/mol. The number of aromatic nitrogens is 3. The van der Waals surface area contributed by atoms with Crippen molar-refractivity contribution < 1.29 is 0 Å². The summed E-state index contributed by atoms with van der Waals surface area (Å²) >= 11 is 0. The molecule has 1 aliphatic heterocycles. The van der Waals surface area contributed by atoms with Gasteiger partial charge in [-0.3, -0.25) is 4.98 Å². The molecule has 2 aromatic rings. The van der Waals surface area contributed by atoms with Crippen LogP contribution in [0.25, 0.3) is 11.0 Å². The van der Waals surface area contributed by atoms with Crippen LogP contribution in [0.1, 0.15) is 44.1 Å². The lowest BCUT2D eigenvalue weighted by molar-refractivity contribution is 0.460. The summed E-state index contributed by atoms with van der Waals surface area (Å²) in [4.78, 5) is 9.04. The van der Waals surface area contributed by atoms with Crippen molar-refractivity contribution in [1.82, 2.24) is 19.9 Å². The predicted molar refractivity (Wildman–Crippen MR) is 70.3 cm³/mol. The Morgan fingerprint density at radius 2 is 2.22 bits per heavy atom. The summed E-state index contributed by atoms with van der Waals surface area (Å²) < 4.78 is 2.45.